The van der Waals surface area contributed by atoms with Gasteiger partial charge in [0.15, 0.2) is 0 Å². The first-order valence-electron chi connectivity index (χ1n) is 7.73. The lowest BCUT2D eigenvalue weighted by Crippen LogP contribution is -2.41. The van der Waals surface area contributed by atoms with E-state index in [1.807, 2.05) is 83.4 Å². The van der Waals surface area contributed by atoms with Crippen LogP contribution in [0, 0.1) is 13.8 Å². The summed E-state index contributed by atoms with van der Waals surface area (Å²) in [7, 11) is 0. The number of amides is 1. The van der Waals surface area contributed by atoms with Gasteiger partial charge in [-0.2, -0.15) is 0 Å². The Bertz CT molecular complexity index is 622. The highest BCUT2D eigenvalue weighted by molar-refractivity contribution is 5.94. The van der Waals surface area contributed by atoms with Gasteiger partial charge in [0, 0.05) is 11.2 Å². The molecule has 0 bridgehead atoms. The van der Waals surface area contributed by atoms with E-state index in [9.17, 15) is 4.79 Å². The Labute approximate surface area is 133 Å². The van der Waals surface area contributed by atoms with E-state index >= 15 is 0 Å². The third kappa shape index (κ3) is 4.20. The second-order valence-corrected chi connectivity index (χ2v) is 5.97. The Morgan fingerprint density at radius 3 is 2.14 bits per heavy atom. The maximum atomic E-state index is 12.3. The van der Waals surface area contributed by atoms with Crippen LogP contribution < -0.4 is 5.32 Å². The van der Waals surface area contributed by atoms with E-state index in [4.69, 9.17) is 0 Å². The first kappa shape index (κ1) is 18.0. The molecule has 4 heteroatoms. The number of benzene rings is 1. The maximum absolute atomic E-state index is 12.3. The van der Waals surface area contributed by atoms with Gasteiger partial charge >= 0.3 is 0 Å². The van der Waals surface area contributed by atoms with Gasteiger partial charge in [-0.05, 0) is 46.8 Å². The molecule has 1 aromatic heterocycles. The number of nitrogens with one attached hydrogen (secondary N) is 1. The van der Waals surface area contributed by atoms with Crippen molar-refractivity contribution in [1.82, 2.24) is 14.9 Å². The molecule has 1 N–H and O–H groups in total. The van der Waals surface area contributed by atoms with Crippen molar-refractivity contribution in [3.05, 3.63) is 47.5 Å². The van der Waals surface area contributed by atoms with E-state index in [-0.39, 0.29) is 11.4 Å². The highest BCUT2D eigenvalue weighted by Crippen LogP contribution is 2.18. The van der Waals surface area contributed by atoms with Crippen LogP contribution >= 0.6 is 0 Å². The lowest BCUT2D eigenvalue weighted by atomic mass is 10.1. The smallest absolute Gasteiger partial charge is 0.272 e. The Kier molecular flexibility index (Phi) is 5.92. The second kappa shape index (κ2) is 7.25. The number of aryl methyl sites for hydroxylation is 1. The molecule has 0 atom stereocenters. The SMILES string of the molecule is CC.Cc1nc(C(=O)NC(C)(C)C)c(C)n1-c1ccccc1. The van der Waals surface area contributed by atoms with Crippen molar-refractivity contribution < 1.29 is 4.79 Å². The summed E-state index contributed by atoms with van der Waals surface area (Å²) in [5.41, 5.74) is 2.09. The topological polar surface area (TPSA) is 46.9 Å². The molecular formula is C18H27N3O. The van der Waals surface area contributed by atoms with Gasteiger partial charge in [-0.1, -0.05) is 32.0 Å². The standard InChI is InChI=1S/C16H21N3O.C2H6/c1-11-14(15(20)18-16(3,4)5)17-12(2)19(11)13-9-7-6-8-10-13;1-2/h6-10H,1-5H3,(H,18,20);1-2H3. The molecule has 2 aromatic rings. The predicted molar refractivity (Wildman–Crippen MR) is 91.6 cm³/mol. The zero-order valence-corrected chi connectivity index (χ0v) is 14.7. The molecule has 0 saturated heterocycles. The molecule has 22 heavy (non-hydrogen) atoms. The summed E-state index contributed by atoms with van der Waals surface area (Å²) in [5.74, 6) is 0.681. The van der Waals surface area contributed by atoms with Crippen molar-refractivity contribution in [3.8, 4) is 5.69 Å². The molecule has 120 valence electrons. The molecule has 0 unspecified atom stereocenters. The van der Waals surface area contributed by atoms with Gasteiger partial charge < -0.3 is 9.88 Å². The minimum absolute atomic E-state index is 0.132. The largest absolute Gasteiger partial charge is 0.346 e. The Hall–Kier alpha value is -2.10. The fourth-order valence-corrected chi connectivity index (χ4v) is 2.21. The molecule has 0 aliphatic rings. The van der Waals surface area contributed by atoms with Crippen LogP contribution in [0.2, 0.25) is 0 Å². The minimum Gasteiger partial charge on any atom is -0.346 e. The highest BCUT2D eigenvalue weighted by atomic mass is 16.2. The number of aromatic nitrogens is 2. The third-order valence-electron chi connectivity index (χ3n) is 2.99. The van der Waals surface area contributed by atoms with E-state index in [1.165, 1.54) is 0 Å². The van der Waals surface area contributed by atoms with Crippen LogP contribution in [0.25, 0.3) is 5.69 Å². The second-order valence-electron chi connectivity index (χ2n) is 5.97. The van der Waals surface area contributed by atoms with Crippen LogP contribution in [0.4, 0.5) is 0 Å². The quantitative estimate of drug-likeness (QED) is 0.910. The van der Waals surface area contributed by atoms with E-state index in [0.717, 1.165) is 17.2 Å². The molecule has 4 nitrogen and oxygen atoms in total. The van der Waals surface area contributed by atoms with Crippen LogP contribution in [0.1, 0.15) is 56.6 Å². The first-order chi connectivity index (χ1) is 10.3. The Morgan fingerprint density at radius 1 is 1.09 bits per heavy atom. The molecule has 0 aliphatic heterocycles. The van der Waals surface area contributed by atoms with Crippen LogP contribution in [0.3, 0.4) is 0 Å². The summed E-state index contributed by atoms with van der Waals surface area (Å²) >= 11 is 0. The summed E-state index contributed by atoms with van der Waals surface area (Å²) in [6.07, 6.45) is 0. The zero-order valence-electron chi connectivity index (χ0n) is 14.7. The third-order valence-corrected chi connectivity index (χ3v) is 2.99. The lowest BCUT2D eigenvalue weighted by Gasteiger charge is -2.19. The molecular weight excluding hydrogens is 274 g/mol. The summed E-state index contributed by atoms with van der Waals surface area (Å²) in [4.78, 5) is 16.7. The summed E-state index contributed by atoms with van der Waals surface area (Å²) in [5, 5.41) is 2.95. The number of hydrogen-bond donors (Lipinski definition) is 1. The Morgan fingerprint density at radius 2 is 1.64 bits per heavy atom. The first-order valence-corrected chi connectivity index (χ1v) is 7.73. The van der Waals surface area contributed by atoms with Crippen molar-refractivity contribution in [2.75, 3.05) is 0 Å². The van der Waals surface area contributed by atoms with Gasteiger partial charge in [0.05, 0.1) is 5.69 Å². The molecule has 0 fully saturated rings. The zero-order chi connectivity index (χ0) is 16.9. The van der Waals surface area contributed by atoms with Crippen LogP contribution in [0.15, 0.2) is 30.3 Å². The summed E-state index contributed by atoms with van der Waals surface area (Å²) in [6.45, 7) is 13.7. The van der Waals surface area contributed by atoms with Gasteiger partial charge in [-0.15, -0.1) is 0 Å². The van der Waals surface area contributed by atoms with Gasteiger partial charge in [-0.25, -0.2) is 4.98 Å². The van der Waals surface area contributed by atoms with Crippen molar-refractivity contribution in [2.45, 2.75) is 54.0 Å². The summed E-state index contributed by atoms with van der Waals surface area (Å²) < 4.78 is 2.00. The van der Waals surface area contributed by atoms with Gasteiger partial charge in [-0.3, -0.25) is 4.79 Å². The van der Waals surface area contributed by atoms with Crippen molar-refractivity contribution in [3.63, 3.8) is 0 Å². The average molecular weight is 301 g/mol. The molecule has 1 heterocycles. The van der Waals surface area contributed by atoms with E-state index in [0.29, 0.717) is 5.69 Å². The molecule has 0 aliphatic carbocycles. The van der Waals surface area contributed by atoms with E-state index in [2.05, 4.69) is 10.3 Å². The van der Waals surface area contributed by atoms with Crippen molar-refractivity contribution in [2.24, 2.45) is 0 Å². The number of para-hydroxylation sites is 1. The molecule has 1 amide bonds. The summed E-state index contributed by atoms with van der Waals surface area (Å²) in [6, 6.07) is 9.94. The van der Waals surface area contributed by atoms with E-state index in [1.54, 1.807) is 0 Å². The Balaban J connectivity index is 0.00000116. The van der Waals surface area contributed by atoms with Gasteiger partial charge in [0.1, 0.15) is 11.5 Å². The number of hydrogen-bond acceptors (Lipinski definition) is 2. The normalized spacial score (nSPS) is 10.7. The number of rotatable bonds is 2. The highest BCUT2D eigenvalue weighted by Gasteiger charge is 2.22. The van der Waals surface area contributed by atoms with Crippen molar-refractivity contribution >= 4 is 5.91 Å². The predicted octanol–water partition coefficient (Wildman–Crippen LogP) is 4.04. The van der Waals surface area contributed by atoms with E-state index < -0.39 is 0 Å². The van der Waals surface area contributed by atoms with Crippen LogP contribution in [0.5, 0.6) is 0 Å². The number of carbonyl (C=O) groups is 1. The molecule has 0 radical (unpaired) electrons. The maximum Gasteiger partial charge on any atom is 0.272 e. The number of imidazole rings is 1. The molecule has 0 saturated carbocycles. The number of nitrogens with zero attached hydrogens (tertiary/aromatic N) is 2. The monoisotopic (exact) mass is 301 g/mol. The fraction of sp³-hybridized carbons (Fsp3) is 0.444. The molecule has 1 aromatic carbocycles. The van der Waals surface area contributed by atoms with Gasteiger partial charge in [0.2, 0.25) is 0 Å². The average Bonchev–Trinajstić information content (AvgIpc) is 2.75. The van der Waals surface area contributed by atoms with Crippen LogP contribution in [-0.2, 0) is 0 Å². The van der Waals surface area contributed by atoms with Crippen molar-refractivity contribution in [1.29, 1.82) is 0 Å². The minimum atomic E-state index is -0.270. The lowest BCUT2D eigenvalue weighted by molar-refractivity contribution is 0.0914. The number of carbonyl (C=O) groups excluding carboxylic acids is 1. The fourth-order valence-electron chi connectivity index (χ4n) is 2.21. The molecule has 0 spiro atoms. The van der Waals surface area contributed by atoms with Crippen LogP contribution in [-0.4, -0.2) is 21.0 Å². The molecule has 2 rings (SSSR count). The van der Waals surface area contributed by atoms with Gasteiger partial charge in [0.25, 0.3) is 5.91 Å².